The molecule has 0 saturated carbocycles. The quantitative estimate of drug-likeness (QED) is 0.660. The molecule has 0 radical (unpaired) electrons. The van der Waals surface area contributed by atoms with Gasteiger partial charge in [-0.25, -0.2) is 0 Å². The Morgan fingerprint density at radius 1 is 1.16 bits per heavy atom. The van der Waals surface area contributed by atoms with Crippen molar-refractivity contribution in [1.29, 1.82) is 0 Å². The van der Waals surface area contributed by atoms with Crippen molar-refractivity contribution in [2.45, 2.75) is 45.6 Å². The number of aliphatic imine (C=N–C) groups is 1. The first-order valence-electron chi connectivity index (χ1n) is 6.44. The molecule has 19 heavy (non-hydrogen) atoms. The van der Waals surface area contributed by atoms with Gasteiger partial charge in [0.1, 0.15) is 0 Å². The molecule has 0 bridgehead atoms. The molecule has 0 saturated heterocycles. The minimum atomic E-state index is -0.0602. The molecule has 0 aliphatic carbocycles. The average molecular weight is 326 g/mol. The topological polar surface area (TPSA) is 50.4 Å². The third-order valence-electron chi connectivity index (χ3n) is 2.77. The second kappa shape index (κ2) is 5.95. The maximum Gasteiger partial charge on any atom is 0.189 e. The van der Waals surface area contributed by atoms with E-state index in [-0.39, 0.29) is 11.0 Å². The van der Waals surface area contributed by atoms with Crippen LogP contribution in [0.3, 0.4) is 0 Å². The number of nitrogens with zero attached hydrogens (tertiary/aromatic N) is 1. The molecule has 0 unspecified atom stereocenters. The van der Waals surface area contributed by atoms with Crippen molar-refractivity contribution in [3.63, 3.8) is 0 Å². The first-order valence-corrected chi connectivity index (χ1v) is 7.24. The standard InChI is InChI=1S/C15H24BrN3/c1-14(2,3)19-13(17)18-10-15(4,5)11-6-8-12(16)9-7-11/h6-9H,10H2,1-5H3,(H3,17,18,19). The Balaban J connectivity index is 2.74. The van der Waals surface area contributed by atoms with Gasteiger partial charge in [0, 0.05) is 15.4 Å². The van der Waals surface area contributed by atoms with Gasteiger partial charge >= 0.3 is 0 Å². The zero-order valence-corrected chi connectivity index (χ0v) is 14.0. The molecule has 0 fully saturated rings. The lowest BCUT2D eigenvalue weighted by atomic mass is 9.85. The van der Waals surface area contributed by atoms with Crippen LogP contribution in [0.5, 0.6) is 0 Å². The molecule has 0 atom stereocenters. The summed E-state index contributed by atoms with van der Waals surface area (Å²) in [7, 11) is 0. The Bertz CT molecular complexity index is 441. The predicted octanol–water partition coefficient (Wildman–Crippen LogP) is 3.43. The maximum atomic E-state index is 5.90. The van der Waals surface area contributed by atoms with Crippen LogP contribution in [0.4, 0.5) is 0 Å². The number of nitrogens with one attached hydrogen (secondary N) is 1. The van der Waals surface area contributed by atoms with E-state index in [4.69, 9.17) is 5.73 Å². The summed E-state index contributed by atoms with van der Waals surface area (Å²) in [6, 6.07) is 8.34. The largest absolute Gasteiger partial charge is 0.370 e. The van der Waals surface area contributed by atoms with Crippen LogP contribution in [0.25, 0.3) is 0 Å². The van der Waals surface area contributed by atoms with Gasteiger partial charge in [-0.1, -0.05) is 41.9 Å². The highest BCUT2D eigenvalue weighted by Gasteiger charge is 2.20. The second-order valence-corrected chi connectivity index (χ2v) is 7.38. The van der Waals surface area contributed by atoms with Crippen molar-refractivity contribution in [2.75, 3.05) is 6.54 Å². The summed E-state index contributed by atoms with van der Waals surface area (Å²) in [6.45, 7) is 11.2. The lowest BCUT2D eigenvalue weighted by Crippen LogP contribution is -2.45. The van der Waals surface area contributed by atoms with Crippen LogP contribution in [0.2, 0.25) is 0 Å². The molecule has 1 aromatic carbocycles. The molecule has 3 N–H and O–H groups in total. The van der Waals surface area contributed by atoms with E-state index >= 15 is 0 Å². The van der Waals surface area contributed by atoms with Crippen molar-refractivity contribution in [3.05, 3.63) is 34.3 Å². The van der Waals surface area contributed by atoms with Gasteiger partial charge in [-0.3, -0.25) is 4.99 Å². The molecule has 0 aliphatic heterocycles. The third kappa shape index (κ3) is 5.64. The summed E-state index contributed by atoms with van der Waals surface area (Å²) in [4.78, 5) is 4.45. The van der Waals surface area contributed by atoms with Gasteiger partial charge in [-0.05, 0) is 38.5 Å². The van der Waals surface area contributed by atoms with Crippen LogP contribution in [0, 0.1) is 0 Å². The van der Waals surface area contributed by atoms with Crippen LogP contribution < -0.4 is 11.1 Å². The highest BCUT2D eigenvalue weighted by Crippen LogP contribution is 2.25. The number of guanidine groups is 1. The number of hydrogen-bond donors (Lipinski definition) is 2. The van der Waals surface area contributed by atoms with Crippen molar-refractivity contribution in [2.24, 2.45) is 10.7 Å². The van der Waals surface area contributed by atoms with Gasteiger partial charge in [0.25, 0.3) is 0 Å². The van der Waals surface area contributed by atoms with E-state index in [9.17, 15) is 0 Å². The lowest BCUT2D eigenvalue weighted by Gasteiger charge is -2.25. The van der Waals surface area contributed by atoms with E-state index in [2.05, 4.69) is 85.1 Å². The summed E-state index contributed by atoms with van der Waals surface area (Å²) in [6.07, 6.45) is 0. The van der Waals surface area contributed by atoms with Crippen LogP contribution >= 0.6 is 15.9 Å². The van der Waals surface area contributed by atoms with Gasteiger partial charge in [0.05, 0.1) is 6.54 Å². The Labute approximate surface area is 124 Å². The predicted molar refractivity (Wildman–Crippen MR) is 86.5 cm³/mol. The van der Waals surface area contributed by atoms with Gasteiger partial charge in [-0.2, -0.15) is 0 Å². The van der Waals surface area contributed by atoms with E-state index in [0.717, 1.165) is 4.47 Å². The van der Waals surface area contributed by atoms with Gasteiger partial charge in [0.2, 0.25) is 0 Å². The Morgan fingerprint density at radius 3 is 2.16 bits per heavy atom. The molecule has 0 amide bonds. The fourth-order valence-corrected chi connectivity index (χ4v) is 1.96. The fraction of sp³-hybridized carbons (Fsp3) is 0.533. The number of nitrogens with two attached hydrogens (primary N) is 1. The van der Waals surface area contributed by atoms with Gasteiger partial charge in [-0.15, -0.1) is 0 Å². The molecule has 3 nitrogen and oxygen atoms in total. The summed E-state index contributed by atoms with van der Waals surface area (Å²) in [5.74, 6) is 0.498. The van der Waals surface area contributed by atoms with Crippen LogP contribution in [0.15, 0.2) is 33.7 Å². The third-order valence-corrected chi connectivity index (χ3v) is 3.30. The Hall–Kier alpha value is -1.03. The van der Waals surface area contributed by atoms with Crippen molar-refractivity contribution >= 4 is 21.9 Å². The van der Waals surface area contributed by atoms with E-state index in [1.807, 2.05) is 0 Å². The van der Waals surface area contributed by atoms with Crippen molar-refractivity contribution in [3.8, 4) is 0 Å². The molecule has 0 aliphatic rings. The number of halogens is 1. The van der Waals surface area contributed by atoms with E-state index in [1.54, 1.807) is 0 Å². The van der Waals surface area contributed by atoms with Crippen LogP contribution in [-0.2, 0) is 5.41 Å². The summed E-state index contributed by atoms with van der Waals surface area (Å²) >= 11 is 3.45. The first-order chi connectivity index (χ1) is 8.60. The minimum Gasteiger partial charge on any atom is -0.370 e. The molecule has 1 rings (SSSR count). The minimum absolute atomic E-state index is 0.0368. The molecule has 106 valence electrons. The lowest BCUT2D eigenvalue weighted by molar-refractivity contribution is 0.500. The highest BCUT2D eigenvalue weighted by atomic mass is 79.9. The smallest absolute Gasteiger partial charge is 0.189 e. The normalized spacial score (nSPS) is 13.5. The number of rotatable bonds is 3. The number of benzene rings is 1. The first kappa shape index (κ1) is 16.0. The monoisotopic (exact) mass is 325 g/mol. The maximum absolute atomic E-state index is 5.90. The molecular formula is C15H24BrN3. The SMILES string of the molecule is CC(C)(C)NC(N)=NCC(C)(C)c1ccc(Br)cc1. The molecular weight excluding hydrogens is 302 g/mol. The Morgan fingerprint density at radius 2 is 1.68 bits per heavy atom. The van der Waals surface area contributed by atoms with E-state index in [1.165, 1.54) is 5.56 Å². The molecule has 4 heteroatoms. The highest BCUT2D eigenvalue weighted by molar-refractivity contribution is 9.10. The Kier molecular flexibility index (Phi) is 5.02. The average Bonchev–Trinajstić information content (AvgIpc) is 2.25. The zero-order valence-electron chi connectivity index (χ0n) is 12.4. The molecule has 0 heterocycles. The molecule has 0 spiro atoms. The van der Waals surface area contributed by atoms with Crippen LogP contribution in [0.1, 0.15) is 40.2 Å². The van der Waals surface area contributed by atoms with Gasteiger partial charge in [0.15, 0.2) is 5.96 Å². The summed E-state index contributed by atoms with van der Waals surface area (Å²) in [5, 5.41) is 3.17. The summed E-state index contributed by atoms with van der Waals surface area (Å²) in [5.41, 5.74) is 7.06. The van der Waals surface area contributed by atoms with Gasteiger partial charge < -0.3 is 11.1 Å². The van der Waals surface area contributed by atoms with E-state index in [0.29, 0.717) is 12.5 Å². The van der Waals surface area contributed by atoms with Crippen molar-refractivity contribution in [1.82, 2.24) is 5.32 Å². The second-order valence-electron chi connectivity index (χ2n) is 6.47. The summed E-state index contributed by atoms with van der Waals surface area (Å²) < 4.78 is 1.09. The van der Waals surface area contributed by atoms with Crippen molar-refractivity contribution < 1.29 is 0 Å². The molecule has 1 aromatic rings. The molecule has 0 aromatic heterocycles. The van der Waals surface area contributed by atoms with Crippen LogP contribution in [-0.4, -0.2) is 18.0 Å². The van der Waals surface area contributed by atoms with E-state index < -0.39 is 0 Å². The zero-order chi connectivity index (χ0) is 14.7. The number of hydrogen-bond acceptors (Lipinski definition) is 1. The fourth-order valence-electron chi connectivity index (χ4n) is 1.70.